The molecule has 0 radical (unpaired) electrons. The van der Waals surface area contributed by atoms with Crippen LogP contribution >= 0.6 is 0 Å². The molecule has 3 rings (SSSR count). The van der Waals surface area contributed by atoms with Crippen LogP contribution in [-0.2, 0) is 0 Å². The first-order chi connectivity index (χ1) is 15.1. The highest BCUT2D eigenvalue weighted by Gasteiger charge is 2.11. The highest BCUT2D eigenvalue weighted by molar-refractivity contribution is 5.53. The van der Waals surface area contributed by atoms with Crippen LogP contribution in [0.3, 0.4) is 0 Å². The smallest absolute Gasteiger partial charge is 0.121 e. The summed E-state index contributed by atoms with van der Waals surface area (Å²) < 4.78 is 0. The standard InChI is InChI=1S/2C11H16O.C8H10O/c2*1-6-7(2)9(4)11(12)10(5)8(6)3;1-6-4-3-5-8(9)7(6)2/h2*12H,1-5H3;3-5,9H,1-2H3. The van der Waals surface area contributed by atoms with Gasteiger partial charge in [-0.3, -0.25) is 0 Å². The summed E-state index contributed by atoms with van der Waals surface area (Å²) in [4.78, 5) is 0. The van der Waals surface area contributed by atoms with Crippen LogP contribution in [0.4, 0.5) is 0 Å². The van der Waals surface area contributed by atoms with Crippen LogP contribution in [0.2, 0.25) is 0 Å². The van der Waals surface area contributed by atoms with Gasteiger partial charge in [0.15, 0.2) is 0 Å². The monoisotopic (exact) mass is 450 g/mol. The predicted molar refractivity (Wildman–Crippen MR) is 141 cm³/mol. The third kappa shape index (κ3) is 6.10. The van der Waals surface area contributed by atoms with Gasteiger partial charge in [0.1, 0.15) is 17.2 Å². The Hall–Kier alpha value is -2.94. The molecule has 3 heteroatoms. The Bertz CT molecular complexity index is 856. The molecule has 0 saturated heterocycles. The molecule has 3 aromatic carbocycles. The van der Waals surface area contributed by atoms with Gasteiger partial charge < -0.3 is 15.3 Å². The van der Waals surface area contributed by atoms with Gasteiger partial charge in [0.25, 0.3) is 0 Å². The zero-order valence-corrected chi connectivity index (χ0v) is 22.6. The summed E-state index contributed by atoms with van der Waals surface area (Å²) in [5.41, 5.74) is 13.5. The average Bonchev–Trinajstić information content (AvgIpc) is 2.80. The van der Waals surface area contributed by atoms with Crippen LogP contribution in [0.25, 0.3) is 0 Å². The molecule has 0 atom stereocenters. The van der Waals surface area contributed by atoms with E-state index in [0.29, 0.717) is 17.2 Å². The second kappa shape index (κ2) is 11.3. The summed E-state index contributed by atoms with van der Waals surface area (Å²) in [6.07, 6.45) is 0. The van der Waals surface area contributed by atoms with Crippen LogP contribution in [0.15, 0.2) is 18.2 Å². The summed E-state index contributed by atoms with van der Waals surface area (Å²) >= 11 is 0. The molecule has 0 aromatic heterocycles. The zero-order chi connectivity index (χ0) is 25.8. The number of hydrogen-bond donors (Lipinski definition) is 3. The number of phenols is 3. The normalized spacial score (nSPS) is 10.2. The van der Waals surface area contributed by atoms with Gasteiger partial charge in [-0.15, -0.1) is 0 Å². The largest absolute Gasteiger partial charge is 0.508 e. The Morgan fingerprint density at radius 3 is 0.879 bits per heavy atom. The highest BCUT2D eigenvalue weighted by atomic mass is 16.3. The highest BCUT2D eigenvalue weighted by Crippen LogP contribution is 2.31. The number of phenolic OH excluding ortho intramolecular Hbond substituents is 3. The topological polar surface area (TPSA) is 60.7 Å². The molecule has 0 fully saturated rings. The fraction of sp³-hybridized carbons (Fsp3) is 0.400. The van der Waals surface area contributed by atoms with E-state index in [-0.39, 0.29) is 0 Å². The van der Waals surface area contributed by atoms with Crippen molar-refractivity contribution < 1.29 is 15.3 Å². The van der Waals surface area contributed by atoms with Gasteiger partial charge in [-0.1, -0.05) is 12.1 Å². The number of hydrogen-bond acceptors (Lipinski definition) is 3. The van der Waals surface area contributed by atoms with Crippen LogP contribution in [0.1, 0.15) is 66.8 Å². The maximum Gasteiger partial charge on any atom is 0.121 e. The van der Waals surface area contributed by atoms with Gasteiger partial charge in [0.2, 0.25) is 0 Å². The molecule has 3 aromatic rings. The Morgan fingerprint density at radius 2 is 0.636 bits per heavy atom. The third-order valence-electron chi connectivity index (χ3n) is 7.50. The Morgan fingerprint density at radius 1 is 0.364 bits per heavy atom. The van der Waals surface area contributed by atoms with Crippen molar-refractivity contribution in [3.05, 3.63) is 85.0 Å². The van der Waals surface area contributed by atoms with E-state index in [2.05, 4.69) is 41.5 Å². The van der Waals surface area contributed by atoms with Crippen molar-refractivity contribution in [2.45, 2.75) is 83.1 Å². The van der Waals surface area contributed by atoms with Gasteiger partial charge in [0, 0.05) is 0 Å². The van der Waals surface area contributed by atoms with Crippen LogP contribution < -0.4 is 0 Å². The molecule has 0 spiro atoms. The van der Waals surface area contributed by atoms with E-state index in [9.17, 15) is 10.2 Å². The van der Waals surface area contributed by atoms with Gasteiger partial charge in [-0.25, -0.2) is 0 Å². The summed E-state index contributed by atoms with van der Waals surface area (Å²) in [5, 5.41) is 28.5. The molecule has 3 nitrogen and oxygen atoms in total. The SMILES string of the molecule is Cc1c(C)c(C)c(O)c(C)c1C.Cc1c(C)c(C)c(O)c(C)c1C.Cc1cccc(O)c1C. The second-order valence-electron chi connectivity index (χ2n) is 9.17. The van der Waals surface area contributed by atoms with E-state index in [0.717, 1.165) is 33.4 Å². The first-order valence-corrected chi connectivity index (χ1v) is 11.4. The fourth-order valence-electron chi connectivity index (χ4n) is 3.70. The minimum atomic E-state index is 0.384. The van der Waals surface area contributed by atoms with E-state index >= 15 is 0 Å². The maximum absolute atomic E-state index is 9.69. The van der Waals surface area contributed by atoms with E-state index in [1.165, 1.54) is 33.4 Å². The van der Waals surface area contributed by atoms with Gasteiger partial charge in [-0.05, 0) is 156 Å². The number of rotatable bonds is 0. The Labute approximate surface area is 200 Å². The fourth-order valence-corrected chi connectivity index (χ4v) is 3.70. The zero-order valence-electron chi connectivity index (χ0n) is 22.6. The van der Waals surface area contributed by atoms with E-state index in [4.69, 9.17) is 5.11 Å². The lowest BCUT2D eigenvalue weighted by molar-refractivity contribution is 0.465. The molecule has 0 saturated carbocycles. The number of aryl methyl sites for hydroxylation is 1. The van der Waals surface area contributed by atoms with Crippen molar-refractivity contribution in [1.82, 2.24) is 0 Å². The second-order valence-corrected chi connectivity index (χ2v) is 9.17. The van der Waals surface area contributed by atoms with Gasteiger partial charge >= 0.3 is 0 Å². The molecule has 3 N–H and O–H groups in total. The van der Waals surface area contributed by atoms with E-state index in [1.54, 1.807) is 6.07 Å². The average molecular weight is 451 g/mol. The van der Waals surface area contributed by atoms with Crippen molar-refractivity contribution in [3.63, 3.8) is 0 Å². The first-order valence-electron chi connectivity index (χ1n) is 11.4. The van der Waals surface area contributed by atoms with Crippen LogP contribution in [0, 0.1) is 83.1 Å². The maximum atomic E-state index is 9.69. The molecular formula is C30H42O3. The van der Waals surface area contributed by atoms with Gasteiger partial charge in [-0.2, -0.15) is 0 Å². The van der Waals surface area contributed by atoms with Crippen molar-refractivity contribution >= 4 is 0 Å². The minimum Gasteiger partial charge on any atom is -0.508 e. The lowest BCUT2D eigenvalue weighted by Gasteiger charge is -2.13. The molecular weight excluding hydrogens is 408 g/mol. The number of benzene rings is 3. The predicted octanol–water partition coefficient (Wildman–Crippen LogP) is 7.88. The van der Waals surface area contributed by atoms with Crippen molar-refractivity contribution in [1.29, 1.82) is 0 Å². The Balaban J connectivity index is 0.000000250. The van der Waals surface area contributed by atoms with Crippen LogP contribution in [-0.4, -0.2) is 15.3 Å². The summed E-state index contributed by atoms with van der Waals surface area (Å²) in [6.45, 7) is 24.2. The molecule has 0 heterocycles. The molecule has 0 amide bonds. The molecule has 0 aliphatic rings. The lowest BCUT2D eigenvalue weighted by Crippen LogP contribution is -1.95. The molecule has 180 valence electrons. The first kappa shape index (κ1) is 28.1. The summed E-state index contributed by atoms with van der Waals surface area (Å²) in [5.74, 6) is 1.29. The van der Waals surface area contributed by atoms with Gasteiger partial charge in [0.05, 0.1) is 0 Å². The summed E-state index contributed by atoms with van der Waals surface area (Å²) in [7, 11) is 0. The summed E-state index contributed by atoms with van der Waals surface area (Å²) in [6, 6.07) is 5.52. The molecule has 0 aliphatic heterocycles. The third-order valence-corrected chi connectivity index (χ3v) is 7.50. The van der Waals surface area contributed by atoms with Crippen molar-refractivity contribution in [3.8, 4) is 17.2 Å². The quantitative estimate of drug-likeness (QED) is 0.326. The minimum absolute atomic E-state index is 0.384. The number of aromatic hydroxyl groups is 3. The Kier molecular flexibility index (Phi) is 9.59. The molecule has 0 unspecified atom stereocenters. The van der Waals surface area contributed by atoms with Crippen molar-refractivity contribution in [2.75, 3.05) is 0 Å². The van der Waals surface area contributed by atoms with E-state index in [1.807, 2.05) is 53.7 Å². The molecule has 0 bridgehead atoms. The van der Waals surface area contributed by atoms with Crippen molar-refractivity contribution in [2.24, 2.45) is 0 Å². The van der Waals surface area contributed by atoms with E-state index < -0.39 is 0 Å². The lowest BCUT2D eigenvalue weighted by atomic mass is 9.94. The van der Waals surface area contributed by atoms with Crippen LogP contribution in [0.5, 0.6) is 17.2 Å². The molecule has 0 aliphatic carbocycles. The molecule has 33 heavy (non-hydrogen) atoms.